The minimum atomic E-state index is -0.706. The second-order valence-corrected chi connectivity index (χ2v) is 7.91. The summed E-state index contributed by atoms with van der Waals surface area (Å²) in [4.78, 5) is 27.5. The van der Waals surface area contributed by atoms with Crippen molar-refractivity contribution in [2.24, 2.45) is 5.92 Å². The summed E-state index contributed by atoms with van der Waals surface area (Å²) < 4.78 is 7.01. The maximum absolute atomic E-state index is 13.6. The fraction of sp³-hybridized carbons (Fsp3) is 0.600. The average molecular weight is 401 g/mol. The van der Waals surface area contributed by atoms with Gasteiger partial charge in [0.05, 0.1) is 18.6 Å². The first-order valence-electron chi connectivity index (χ1n) is 10.2. The summed E-state index contributed by atoms with van der Waals surface area (Å²) in [6.45, 7) is 0.153. The Morgan fingerprint density at radius 2 is 2.10 bits per heavy atom. The summed E-state index contributed by atoms with van der Waals surface area (Å²) in [6, 6.07) is 2.35. The van der Waals surface area contributed by atoms with Gasteiger partial charge in [-0.1, -0.05) is 24.5 Å². The summed E-state index contributed by atoms with van der Waals surface area (Å²) in [5.41, 5.74) is 0.563. The molecule has 2 amide bonds. The molecular weight excluding hydrogens is 374 g/mol. The van der Waals surface area contributed by atoms with E-state index in [1.54, 1.807) is 36.3 Å². The van der Waals surface area contributed by atoms with Crippen molar-refractivity contribution in [1.29, 1.82) is 0 Å². The van der Waals surface area contributed by atoms with Gasteiger partial charge in [-0.25, -0.2) is 4.68 Å². The molecule has 4 rings (SSSR count). The number of nitrogens with zero attached hydrogens (tertiary/aromatic N) is 4. The third-order valence-electron chi connectivity index (χ3n) is 6.03. The van der Waals surface area contributed by atoms with Crippen LogP contribution in [-0.2, 0) is 9.59 Å². The van der Waals surface area contributed by atoms with Crippen LogP contribution in [0.25, 0.3) is 11.5 Å². The Bertz CT molecular complexity index is 843. The average Bonchev–Trinajstić information content (AvgIpc) is 3.49. The molecule has 0 radical (unpaired) electrons. The monoisotopic (exact) mass is 401 g/mol. The first-order chi connectivity index (χ1) is 14.1. The van der Waals surface area contributed by atoms with Crippen LogP contribution >= 0.6 is 0 Å². The van der Waals surface area contributed by atoms with Gasteiger partial charge in [0.25, 0.3) is 0 Å². The molecule has 9 heteroatoms. The maximum atomic E-state index is 13.6. The Labute approximate surface area is 169 Å². The van der Waals surface area contributed by atoms with Gasteiger partial charge in [-0.15, -0.1) is 5.10 Å². The standard InChI is InChI=1S/C20H27N5O4/c1-21-19(27)16-10-14(26)11-24(16)20(28)18(13-6-3-2-4-7-13)25-12-15(22-23-25)17-8-5-9-29-17/h5,8-9,12-14,16,18,26H,2-4,6-7,10-11H2,1H3,(H,21,27)/t14-,16+,18+/m1/s1. The Balaban J connectivity index is 1.65. The van der Waals surface area contributed by atoms with Crippen LogP contribution in [0.1, 0.15) is 44.6 Å². The Hall–Kier alpha value is -2.68. The number of β-amino-alcohol motifs (C(OH)–C–C–N with tert-alkyl or cyclic N) is 1. The maximum Gasteiger partial charge on any atom is 0.248 e. The molecule has 29 heavy (non-hydrogen) atoms. The molecule has 0 spiro atoms. The number of carbonyl (C=O) groups excluding carboxylic acids is 2. The Morgan fingerprint density at radius 1 is 1.31 bits per heavy atom. The lowest BCUT2D eigenvalue weighted by Crippen LogP contribution is -2.49. The van der Waals surface area contributed by atoms with E-state index in [0.29, 0.717) is 11.5 Å². The first kappa shape index (κ1) is 19.6. The lowest BCUT2D eigenvalue weighted by molar-refractivity contribution is -0.143. The highest BCUT2D eigenvalue weighted by Crippen LogP contribution is 2.36. The highest BCUT2D eigenvalue weighted by atomic mass is 16.3. The predicted octanol–water partition coefficient (Wildman–Crippen LogP) is 1.37. The minimum Gasteiger partial charge on any atom is -0.463 e. The first-order valence-corrected chi connectivity index (χ1v) is 10.2. The predicted molar refractivity (Wildman–Crippen MR) is 104 cm³/mol. The molecule has 3 heterocycles. The number of likely N-dealkylation sites (tertiary alicyclic amines) is 1. The van der Waals surface area contributed by atoms with Crippen molar-refractivity contribution in [3.05, 3.63) is 24.6 Å². The fourth-order valence-corrected chi connectivity index (χ4v) is 4.57. The van der Waals surface area contributed by atoms with Crippen molar-refractivity contribution in [2.45, 2.75) is 56.7 Å². The lowest BCUT2D eigenvalue weighted by Gasteiger charge is -2.33. The highest BCUT2D eigenvalue weighted by molar-refractivity contribution is 5.90. The molecule has 1 saturated carbocycles. The molecule has 2 fully saturated rings. The van der Waals surface area contributed by atoms with Crippen molar-refractivity contribution in [2.75, 3.05) is 13.6 Å². The molecule has 156 valence electrons. The van der Waals surface area contributed by atoms with Crippen LogP contribution in [0, 0.1) is 5.92 Å². The molecule has 0 bridgehead atoms. The minimum absolute atomic E-state index is 0.116. The van der Waals surface area contributed by atoms with Crippen molar-refractivity contribution < 1.29 is 19.1 Å². The van der Waals surface area contributed by atoms with E-state index in [4.69, 9.17) is 4.42 Å². The summed E-state index contributed by atoms with van der Waals surface area (Å²) in [5.74, 6) is 0.265. The molecule has 1 saturated heterocycles. The second-order valence-electron chi connectivity index (χ2n) is 7.91. The van der Waals surface area contributed by atoms with Crippen LogP contribution in [0.4, 0.5) is 0 Å². The van der Waals surface area contributed by atoms with Crippen molar-refractivity contribution in [3.63, 3.8) is 0 Å². The summed E-state index contributed by atoms with van der Waals surface area (Å²) in [7, 11) is 1.54. The van der Waals surface area contributed by atoms with Gasteiger partial charge in [-0.3, -0.25) is 9.59 Å². The van der Waals surface area contributed by atoms with Crippen molar-refractivity contribution in [1.82, 2.24) is 25.2 Å². The van der Waals surface area contributed by atoms with Gasteiger partial charge in [-0.05, 0) is 30.9 Å². The van der Waals surface area contributed by atoms with E-state index < -0.39 is 18.2 Å². The lowest BCUT2D eigenvalue weighted by atomic mass is 9.83. The summed E-state index contributed by atoms with van der Waals surface area (Å²) in [5, 5.41) is 21.2. The number of rotatable bonds is 5. The number of hydrogen-bond donors (Lipinski definition) is 2. The largest absolute Gasteiger partial charge is 0.463 e. The second kappa shape index (κ2) is 8.36. The zero-order valence-corrected chi connectivity index (χ0v) is 16.5. The van der Waals surface area contributed by atoms with E-state index in [9.17, 15) is 14.7 Å². The van der Waals surface area contributed by atoms with E-state index in [2.05, 4.69) is 15.6 Å². The molecule has 1 aliphatic heterocycles. The number of likely N-dealkylation sites (N-methyl/N-ethyl adjacent to an activating group) is 1. The van der Waals surface area contributed by atoms with Crippen LogP contribution in [0.15, 0.2) is 29.0 Å². The molecule has 2 N–H and O–H groups in total. The van der Waals surface area contributed by atoms with E-state index in [-0.39, 0.29) is 30.7 Å². The van der Waals surface area contributed by atoms with Crippen molar-refractivity contribution in [3.8, 4) is 11.5 Å². The molecule has 2 aromatic rings. The van der Waals surface area contributed by atoms with E-state index in [0.717, 1.165) is 32.1 Å². The van der Waals surface area contributed by atoms with Gasteiger partial charge in [0.1, 0.15) is 17.8 Å². The van der Waals surface area contributed by atoms with Gasteiger partial charge in [0, 0.05) is 20.0 Å². The third kappa shape index (κ3) is 3.91. The van der Waals surface area contributed by atoms with Gasteiger partial charge < -0.3 is 19.7 Å². The number of furan rings is 1. The number of amides is 2. The molecule has 3 atom stereocenters. The molecule has 0 unspecified atom stereocenters. The van der Waals surface area contributed by atoms with E-state index >= 15 is 0 Å². The zero-order chi connectivity index (χ0) is 20.4. The smallest absolute Gasteiger partial charge is 0.248 e. The topological polar surface area (TPSA) is 113 Å². The van der Waals surface area contributed by atoms with Gasteiger partial charge in [-0.2, -0.15) is 0 Å². The molecule has 2 aliphatic rings. The SMILES string of the molecule is CNC(=O)[C@@H]1C[C@@H](O)CN1C(=O)[C@H](C1CCCCC1)n1cc(-c2ccco2)nn1. The number of nitrogens with one attached hydrogen (secondary N) is 1. The molecule has 0 aromatic carbocycles. The number of hydrogen-bond acceptors (Lipinski definition) is 6. The molecular formula is C20H27N5O4. The number of carbonyl (C=O) groups is 2. The highest BCUT2D eigenvalue weighted by Gasteiger charge is 2.44. The van der Waals surface area contributed by atoms with Gasteiger partial charge >= 0.3 is 0 Å². The van der Waals surface area contributed by atoms with Crippen LogP contribution in [0.2, 0.25) is 0 Å². The number of aliphatic hydroxyl groups is 1. The molecule has 1 aliphatic carbocycles. The van der Waals surface area contributed by atoms with Gasteiger partial charge in [0.2, 0.25) is 11.8 Å². The fourth-order valence-electron chi connectivity index (χ4n) is 4.57. The Morgan fingerprint density at radius 3 is 2.79 bits per heavy atom. The van der Waals surface area contributed by atoms with Gasteiger partial charge in [0.15, 0.2) is 5.76 Å². The summed E-state index contributed by atoms with van der Waals surface area (Å²) in [6.07, 6.45) is 7.98. The quantitative estimate of drug-likeness (QED) is 0.782. The molecule has 9 nitrogen and oxygen atoms in total. The number of aromatic nitrogens is 3. The van der Waals surface area contributed by atoms with Crippen molar-refractivity contribution >= 4 is 11.8 Å². The van der Waals surface area contributed by atoms with Crippen LogP contribution < -0.4 is 5.32 Å². The number of aliphatic hydroxyl groups excluding tert-OH is 1. The molecule has 2 aromatic heterocycles. The zero-order valence-electron chi connectivity index (χ0n) is 16.5. The summed E-state index contributed by atoms with van der Waals surface area (Å²) >= 11 is 0. The van der Waals surface area contributed by atoms with Crippen LogP contribution in [-0.4, -0.2) is 62.6 Å². The normalized spacial score (nSPS) is 23.9. The third-order valence-corrected chi connectivity index (χ3v) is 6.03. The Kier molecular flexibility index (Phi) is 5.66. The van der Waals surface area contributed by atoms with Crippen LogP contribution in [0.3, 0.4) is 0 Å². The van der Waals surface area contributed by atoms with E-state index in [1.165, 1.54) is 4.90 Å². The van der Waals surface area contributed by atoms with Crippen LogP contribution in [0.5, 0.6) is 0 Å². The van der Waals surface area contributed by atoms with E-state index in [1.807, 2.05) is 0 Å².